The van der Waals surface area contributed by atoms with Crippen LogP contribution in [0, 0.1) is 5.41 Å². The summed E-state index contributed by atoms with van der Waals surface area (Å²) in [6.07, 6.45) is -0.513. The summed E-state index contributed by atoms with van der Waals surface area (Å²) in [6, 6.07) is 0. The third kappa shape index (κ3) is 4.05. The molecule has 1 heterocycles. The SMILES string of the molecule is CCC(=O)OC1CC(=O)N1C(=O)C(=C=C(C)C)C(C)(C)C. The van der Waals surface area contributed by atoms with E-state index in [2.05, 4.69) is 5.73 Å². The highest BCUT2D eigenvalue weighted by Crippen LogP contribution is 2.31. The van der Waals surface area contributed by atoms with Crippen LogP contribution in [0.5, 0.6) is 0 Å². The Morgan fingerprint density at radius 1 is 1.33 bits per heavy atom. The molecule has 1 atom stereocenters. The van der Waals surface area contributed by atoms with E-state index in [0.717, 1.165) is 10.5 Å². The molecule has 1 fully saturated rings. The number of carbonyl (C=O) groups is 3. The lowest BCUT2D eigenvalue weighted by Gasteiger charge is -2.39. The van der Waals surface area contributed by atoms with E-state index in [0.29, 0.717) is 5.57 Å². The van der Waals surface area contributed by atoms with Crippen molar-refractivity contribution in [3.05, 3.63) is 16.9 Å². The second-order valence-electron chi connectivity index (χ2n) is 6.32. The largest absolute Gasteiger partial charge is 0.440 e. The lowest BCUT2D eigenvalue weighted by atomic mass is 9.85. The van der Waals surface area contributed by atoms with Gasteiger partial charge in [-0.2, -0.15) is 0 Å². The summed E-state index contributed by atoms with van der Waals surface area (Å²) in [4.78, 5) is 36.7. The number of ether oxygens (including phenoxy) is 1. The number of likely N-dealkylation sites (tertiary alicyclic amines) is 1. The molecule has 0 aromatic heterocycles. The van der Waals surface area contributed by atoms with Gasteiger partial charge in [-0.1, -0.05) is 27.7 Å². The van der Waals surface area contributed by atoms with E-state index >= 15 is 0 Å². The van der Waals surface area contributed by atoms with Crippen LogP contribution in [0.3, 0.4) is 0 Å². The van der Waals surface area contributed by atoms with Crippen LogP contribution in [0.2, 0.25) is 0 Å². The molecular weight excluding hydrogens is 270 g/mol. The third-order valence-corrected chi connectivity index (χ3v) is 3.02. The highest BCUT2D eigenvalue weighted by Gasteiger charge is 2.45. The maximum absolute atomic E-state index is 12.6. The summed E-state index contributed by atoms with van der Waals surface area (Å²) in [5, 5.41) is 0. The first-order valence-corrected chi connectivity index (χ1v) is 7.08. The Morgan fingerprint density at radius 3 is 2.29 bits per heavy atom. The predicted molar refractivity (Wildman–Crippen MR) is 78.0 cm³/mol. The summed E-state index contributed by atoms with van der Waals surface area (Å²) < 4.78 is 5.10. The number of esters is 1. The minimum absolute atomic E-state index is 0.0593. The van der Waals surface area contributed by atoms with Gasteiger partial charge in [0, 0.05) is 6.42 Å². The zero-order valence-electron chi connectivity index (χ0n) is 13.6. The molecule has 0 aromatic rings. The van der Waals surface area contributed by atoms with Gasteiger partial charge in [0.05, 0.1) is 12.0 Å². The molecule has 1 aliphatic heterocycles. The second-order valence-corrected chi connectivity index (χ2v) is 6.32. The van der Waals surface area contributed by atoms with E-state index in [-0.39, 0.29) is 18.7 Å². The molecular formula is C16H23NO4. The quantitative estimate of drug-likeness (QED) is 0.347. The highest BCUT2D eigenvalue weighted by atomic mass is 16.6. The second kappa shape index (κ2) is 6.27. The standard InChI is InChI=1S/C16H23NO4/c1-7-14(19)21-13-9-12(18)17(13)15(20)11(8-10(2)3)16(4,5)6/h13H,7,9H2,1-6H3. The molecule has 116 valence electrons. The highest BCUT2D eigenvalue weighted by molar-refractivity contribution is 6.08. The van der Waals surface area contributed by atoms with Crippen LogP contribution in [0.4, 0.5) is 0 Å². The number of amides is 2. The molecule has 0 aliphatic carbocycles. The lowest BCUT2D eigenvalue weighted by molar-refractivity contribution is -0.186. The first kappa shape index (κ1) is 17.2. The van der Waals surface area contributed by atoms with Gasteiger partial charge in [0.1, 0.15) is 0 Å². The fraction of sp³-hybridized carbons (Fsp3) is 0.625. The Balaban J connectivity index is 3.07. The molecule has 0 radical (unpaired) electrons. The van der Waals surface area contributed by atoms with Gasteiger partial charge in [0.25, 0.3) is 5.91 Å². The molecule has 21 heavy (non-hydrogen) atoms. The first-order chi connectivity index (χ1) is 9.57. The van der Waals surface area contributed by atoms with Gasteiger partial charge in [-0.15, -0.1) is 5.73 Å². The summed E-state index contributed by atoms with van der Waals surface area (Å²) in [6.45, 7) is 11.0. The Labute approximate surface area is 125 Å². The fourth-order valence-electron chi connectivity index (χ4n) is 1.89. The Hall–Kier alpha value is -1.87. The van der Waals surface area contributed by atoms with Crippen LogP contribution < -0.4 is 0 Å². The third-order valence-electron chi connectivity index (χ3n) is 3.02. The van der Waals surface area contributed by atoms with Crippen LogP contribution >= 0.6 is 0 Å². The van der Waals surface area contributed by atoms with Gasteiger partial charge in [-0.05, 0) is 24.8 Å². The van der Waals surface area contributed by atoms with E-state index in [1.54, 1.807) is 6.92 Å². The van der Waals surface area contributed by atoms with Gasteiger partial charge in [0.2, 0.25) is 5.91 Å². The monoisotopic (exact) mass is 293 g/mol. The molecule has 5 nitrogen and oxygen atoms in total. The van der Waals surface area contributed by atoms with E-state index in [1.165, 1.54) is 0 Å². The van der Waals surface area contributed by atoms with Crippen LogP contribution in [-0.4, -0.2) is 28.9 Å². The van der Waals surface area contributed by atoms with Gasteiger partial charge in [-0.3, -0.25) is 14.4 Å². The number of β-lactam (4-membered cyclic amide) rings is 1. The zero-order chi connectivity index (χ0) is 16.4. The van der Waals surface area contributed by atoms with Crippen molar-refractivity contribution in [3.8, 4) is 0 Å². The lowest BCUT2D eigenvalue weighted by Crippen LogP contribution is -2.58. The van der Waals surface area contributed by atoms with Gasteiger partial charge in [0.15, 0.2) is 6.23 Å². The first-order valence-electron chi connectivity index (χ1n) is 7.08. The smallest absolute Gasteiger partial charge is 0.307 e. The van der Waals surface area contributed by atoms with Crippen molar-refractivity contribution >= 4 is 17.8 Å². The van der Waals surface area contributed by atoms with Crippen molar-refractivity contribution in [2.75, 3.05) is 0 Å². The molecule has 1 aliphatic rings. The van der Waals surface area contributed by atoms with E-state index in [1.807, 2.05) is 34.6 Å². The normalized spacial score (nSPS) is 17.7. The molecule has 1 saturated heterocycles. The maximum atomic E-state index is 12.6. The van der Waals surface area contributed by atoms with E-state index < -0.39 is 23.5 Å². The fourth-order valence-corrected chi connectivity index (χ4v) is 1.89. The molecule has 5 heteroatoms. The molecule has 1 unspecified atom stereocenters. The molecule has 0 bridgehead atoms. The Morgan fingerprint density at radius 2 is 1.90 bits per heavy atom. The van der Waals surface area contributed by atoms with Gasteiger partial charge >= 0.3 is 5.97 Å². The summed E-state index contributed by atoms with van der Waals surface area (Å²) >= 11 is 0. The molecule has 0 aromatic carbocycles. The summed E-state index contributed by atoms with van der Waals surface area (Å²) in [5.41, 5.74) is 3.83. The van der Waals surface area contributed by atoms with Crippen molar-refractivity contribution < 1.29 is 19.1 Å². The predicted octanol–water partition coefficient (Wildman–Crippen LogP) is 2.56. The molecule has 0 saturated carbocycles. The molecule has 1 rings (SSSR count). The van der Waals surface area contributed by atoms with Crippen LogP contribution in [0.25, 0.3) is 0 Å². The maximum Gasteiger partial charge on any atom is 0.307 e. The minimum Gasteiger partial charge on any atom is -0.440 e. The number of nitrogens with zero attached hydrogens (tertiary/aromatic N) is 1. The summed E-state index contributed by atoms with van der Waals surface area (Å²) in [7, 11) is 0. The zero-order valence-corrected chi connectivity index (χ0v) is 13.6. The molecule has 0 N–H and O–H groups in total. The van der Waals surface area contributed by atoms with Crippen LogP contribution in [0.15, 0.2) is 16.9 Å². The number of imide groups is 1. The number of hydrogen-bond donors (Lipinski definition) is 0. The minimum atomic E-state index is -0.784. The van der Waals surface area contributed by atoms with E-state index in [4.69, 9.17) is 4.74 Å². The Kier molecular flexibility index (Phi) is 5.13. The topological polar surface area (TPSA) is 63.7 Å². The van der Waals surface area contributed by atoms with Crippen LogP contribution in [-0.2, 0) is 19.1 Å². The van der Waals surface area contributed by atoms with Crippen molar-refractivity contribution in [3.63, 3.8) is 0 Å². The molecule has 0 spiro atoms. The average Bonchev–Trinajstić information content (AvgIpc) is 2.33. The van der Waals surface area contributed by atoms with Crippen LogP contribution in [0.1, 0.15) is 54.4 Å². The van der Waals surface area contributed by atoms with Gasteiger partial charge < -0.3 is 4.74 Å². The average molecular weight is 293 g/mol. The Bertz CT molecular complexity index is 529. The number of hydrogen-bond acceptors (Lipinski definition) is 4. The van der Waals surface area contributed by atoms with Crippen molar-refractivity contribution in [1.29, 1.82) is 0 Å². The van der Waals surface area contributed by atoms with Crippen molar-refractivity contribution in [2.45, 2.75) is 60.6 Å². The number of rotatable bonds is 3. The van der Waals surface area contributed by atoms with Gasteiger partial charge in [-0.25, -0.2) is 4.90 Å². The summed E-state index contributed by atoms with van der Waals surface area (Å²) in [5.74, 6) is -1.19. The van der Waals surface area contributed by atoms with Crippen molar-refractivity contribution in [1.82, 2.24) is 4.90 Å². The number of carbonyl (C=O) groups excluding carboxylic acids is 3. The molecule has 2 amide bonds. The van der Waals surface area contributed by atoms with E-state index in [9.17, 15) is 14.4 Å². The van der Waals surface area contributed by atoms with Crippen molar-refractivity contribution in [2.24, 2.45) is 5.41 Å².